The lowest BCUT2D eigenvalue weighted by molar-refractivity contribution is 0.240. The first kappa shape index (κ1) is 29.3. The summed E-state index contributed by atoms with van der Waals surface area (Å²) in [6.07, 6.45) is 2.69. The fourth-order valence-corrected chi connectivity index (χ4v) is 3.63. The summed E-state index contributed by atoms with van der Waals surface area (Å²) in [5.74, 6) is 1.24. The Morgan fingerprint density at radius 1 is 0.946 bits per heavy atom. The third kappa shape index (κ3) is 7.54. The van der Waals surface area contributed by atoms with Gasteiger partial charge in [0, 0.05) is 12.1 Å². The zero-order chi connectivity index (χ0) is 27.6. The Kier molecular flexibility index (Phi) is 10.2. The van der Waals surface area contributed by atoms with Gasteiger partial charge in [-0.1, -0.05) is 53.7 Å². The van der Waals surface area contributed by atoms with E-state index in [1.165, 1.54) is 30.4 Å². The lowest BCUT2D eigenvalue weighted by atomic mass is 9.76. The van der Waals surface area contributed by atoms with Crippen LogP contribution in [0, 0.1) is 13.1 Å². The molecule has 0 aliphatic heterocycles. The first-order chi connectivity index (χ1) is 17.5. The number of carbonyl (C=O) groups excluding carboxylic acids is 1. The summed E-state index contributed by atoms with van der Waals surface area (Å²) >= 11 is 0. The van der Waals surface area contributed by atoms with Crippen molar-refractivity contribution < 1.29 is 14.3 Å². The molecule has 2 amide bonds. The van der Waals surface area contributed by atoms with Gasteiger partial charge < -0.3 is 14.8 Å². The number of ether oxygens (including phenoxy) is 2. The average molecular weight is 506 g/mol. The minimum absolute atomic E-state index is 0.0138. The van der Waals surface area contributed by atoms with Gasteiger partial charge in [-0.2, -0.15) is 0 Å². The highest BCUT2D eigenvalue weighted by atomic mass is 16.5. The molecule has 0 radical (unpaired) electrons. The minimum Gasteiger partial charge on any atom is -0.496 e. The van der Waals surface area contributed by atoms with Crippen molar-refractivity contribution in [3.63, 3.8) is 0 Å². The van der Waals surface area contributed by atoms with Crippen molar-refractivity contribution in [2.75, 3.05) is 25.7 Å². The van der Waals surface area contributed by atoms with E-state index in [1.54, 1.807) is 0 Å². The van der Waals surface area contributed by atoms with E-state index in [0.717, 1.165) is 18.6 Å². The standard InChI is InChI=1S/C29H39N5O3/c1-10-28(3,4)20-13-14-25(21(17-20)29(5,6)11-2)37-16-12-15-32-27(35)34-33-24-18-22(30-7)23(31-8)19-26(24)36-9/h13-14,17-19,33H,10-12,15-16H2,1-6,9H3,(H2,32,34,35). The van der Waals surface area contributed by atoms with E-state index in [1.807, 2.05) is 0 Å². The maximum Gasteiger partial charge on any atom is 0.333 e. The molecule has 0 unspecified atom stereocenters. The predicted molar refractivity (Wildman–Crippen MR) is 149 cm³/mol. The van der Waals surface area contributed by atoms with E-state index < -0.39 is 6.03 Å². The van der Waals surface area contributed by atoms with Crippen LogP contribution >= 0.6 is 0 Å². The molecule has 8 heteroatoms. The van der Waals surface area contributed by atoms with Gasteiger partial charge in [0.15, 0.2) is 11.4 Å². The zero-order valence-corrected chi connectivity index (χ0v) is 23.0. The Hall–Kier alpha value is -3.91. The van der Waals surface area contributed by atoms with Crippen LogP contribution in [0.1, 0.15) is 71.9 Å². The Morgan fingerprint density at radius 2 is 1.59 bits per heavy atom. The Morgan fingerprint density at radius 3 is 2.19 bits per heavy atom. The number of nitrogens with one attached hydrogen (secondary N) is 3. The molecule has 0 spiro atoms. The van der Waals surface area contributed by atoms with Crippen LogP contribution in [-0.2, 0) is 10.8 Å². The lowest BCUT2D eigenvalue weighted by Crippen LogP contribution is -2.39. The SMILES string of the molecule is [C-]#[N+]c1cc(NNC(=O)NCCCOc2ccc(C(C)(C)CC)cc2C(C)(C)CC)c(OC)cc1[N+]#[C-]. The summed E-state index contributed by atoms with van der Waals surface area (Å²) in [5.41, 5.74) is 8.64. The van der Waals surface area contributed by atoms with Crippen LogP contribution in [0.15, 0.2) is 30.3 Å². The number of amides is 2. The third-order valence-corrected chi connectivity index (χ3v) is 6.97. The van der Waals surface area contributed by atoms with E-state index in [9.17, 15) is 4.79 Å². The summed E-state index contributed by atoms with van der Waals surface area (Å²) in [6, 6.07) is 9.02. The van der Waals surface area contributed by atoms with E-state index in [4.69, 9.17) is 22.6 Å². The number of anilines is 1. The van der Waals surface area contributed by atoms with Gasteiger partial charge in [-0.3, -0.25) is 15.7 Å². The highest BCUT2D eigenvalue weighted by Crippen LogP contribution is 2.39. The van der Waals surface area contributed by atoms with Gasteiger partial charge in [0.05, 0.1) is 32.5 Å². The molecule has 198 valence electrons. The van der Waals surface area contributed by atoms with E-state index in [2.05, 4.69) is 85.6 Å². The van der Waals surface area contributed by atoms with Crippen molar-refractivity contribution >= 4 is 23.1 Å². The van der Waals surface area contributed by atoms with E-state index in [-0.39, 0.29) is 22.2 Å². The van der Waals surface area contributed by atoms with Crippen molar-refractivity contribution in [3.05, 3.63) is 64.3 Å². The molecular formula is C29H39N5O3. The molecule has 8 nitrogen and oxygen atoms in total. The summed E-state index contributed by atoms with van der Waals surface area (Å²) in [6.45, 7) is 28.7. The number of nitrogens with zero attached hydrogens (tertiary/aromatic N) is 2. The molecule has 0 heterocycles. The van der Waals surface area contributed by atoms with Crippen LogP contribution in [-0.4, -0.2) is 26.3 Å². The smallest absolute Gasteiger partial charge is 0.333 e. The number of hydrazine groups is 1. The molecule has 0 bridgehead atoms. The molecule has 0 aliphatic rings. The topological polar surface area (TPSA) is 80.3 Å². The molecule has 2 aromatic carbocycles. The minimum atomic E-state index is -0.431. The fraction of sp³-hybridized carbons (Fsp3) is 0.483. The van der Waals surface area contributed by atoms with Crippen molar-refractivity contribution in [3.8, 4) is 11.5 Å². The van der Waals surface area contributed by atoms with Crippen LogP contribution in [0.3, 0.4) is 0 Å². The third-order valence-electron chi connectivity index (χ3n) is 6.97. The molecule has 0 saturated heterocycles. The number of rotatable bonds is 12. The number of hydrogen-bond acceptors (Lipinski definition) is 4. The number of benzene rings is 2. The Bertz CT molecular complexity index is 1180. The van der Waals surface area contributed by atoms with Gasteiger partial charge in [-0.05, 0) is 53.9 Å². The Labute approximate surface area is 221 Å². The second-order valence-electron chi connectivity index (χ2n) is 10.2. The van der Waals surface area contributed by atoms with E-state index >= 15 is 0 Å². The van der Waals surface area contributed by atoms with Gasteiger partial charge >= 0.3 is 6.03 Å². The number of hydrogen-bond donors (Lipinski definition) is 3. The van der Waals surface area contributed by atoms with Gasteiger partial charge in [0.1, 0.15) is 11.5 Å². The monoisotopic (exact) mass is 505 g/mol. The molecule has 2 aromatic rings. The average Bonchev–Trinajstić information content (AvgIpc) is 2.90. The van der Waals surface area contributed by atoms with Crippen molar-refractivity contribution in [1.82, 2.24) is 10.7 Å². The zero-order valence-electron chi connectivity index (χ0n) is 23.0. The molecular weight excluding hydrogens is 466 g/mol. The lowest BCUT2D eigenvalue weighted by Gasteiger charge is -2.30. The van der Waals surface area contributed by atoms with Crippen molar-refractivity contribution in [1.29, 1.82) is 0 Å². The molecule has 0 atom stereocenters. The number of urea groups is 1. The first-order valence-electron chi connectivity index (χ1n) is 12.6. The van der Waals surface area contributed by atoms with Crippen LogP contribution in [0.5, 0.6) is 11.5 Å². The van der Waals surface area contributed by atoms with Crippen LogP contribution < -0.4 is 25.6 Å². The van der Waals surface area contributed by atoms with Crippen molar-refractivity contribution in [2.24, 2.45) is 0 Å². The summed E-state index contributed by atoms with van der Waals surface area (Å²) in [5, 5.41) is 2.78. The second-order valence-corrected chi connectivity index (χ2v) is 10.2. The first-order valence-corrected chi connectivity index (χ1v) is 12.6. The van der Waals surface area contributed by atoms with Gasteiger partial charge in [0.25, 0.3) is 0 Å². The summed E-state index contributed by atoms with van der Waals surface area (Å²) in [7, 11) is 1.46. The van der Waals surface area contributed by atoms with Gasteiger partial charge in [-0.25, -0.2) is 9.64 Å². The molecule has 0 saturated carbocycles. The number of carbonyl (C=O) groups is 1. The van der Waals surface area contributed by atoms with E-state index in [0.29, 0.717) is 31.0 Å². The summed E-state index contributed by atoms with van der Waals surface area (Å²) in [4.78, 5) is 18.9. The van der Waals surface area contributed by atoms with Gasteiger partial charge in [0.2, 0.25) is 0 Å². The maximum atomic E-state index is 12.2. The fourth-order valence-electron chi connectivity index (χ4n) is 3.63. The maximum absolute atomic E-state index is 12.2. The van der Waals surface area contributed by atoms with Crippen molar-refractivity contribution in [2.45, 2.75) is 71.6 Å². The van der Waals surface area contributed by atoms with Crippen LogP contribution in [0.25, 0.3) is 9.69 Å². The second kappa shape index (κ2) is 12.9. The normalized spacial score (nSPS) is 11.2. The molecule has 3 N–H and O–H groups in total. The molecule has 37 heavy (non-hydrogen) atoms. The molecule has 0 aromatic heterocycles. The van der Waals surface area contributed by atoms with Crippen LogP contribution in [0.4, 0.5) is 21.9 Å². The van der Waals surface area contributed by atoms with Crippen LogP contribution in [0.2, 0.25) is 0 Å². The summed E-state index contributed by atoms with van der Waals surface area (Å²) < 4.78 is 11.4. The quantitative estimate of drug-likeness (QED) is 0.161. The number of methoxy groups -OCH3 is 1. The Balaban J connectivity index is 1.92. The highest BCUT2D eigenvalue weighted by molar-refractivity contribution is 5.81. The highest BCUT2D eigenvalue weighted by Gasteiger charge is 2.26. The molecule has 2 rings (SSSR count). The van der Waals surface area contributed by atoms with Gasteiger partial charge in [-0.15, -0.1) is 0 Å². The molecule has 0 aliphatic carbocycles. The molecule has 0 fully saturated rings. The largest absolute Gasteiger partial charge is 0.496 e. The predicted octanol–water partition coefficient (Wildman–Crippen LogP) is 7.27.